The Morgan fingerprint density at radius 3 is 1.94 bits per heavy atom. The molecule has 0 aromatic heterocycles. The highest BCUT2D eigenvalue weighted by Crippen LogP contribution is 2.43. The summed E-state index contributed by atoms with van der Waals surface area (Å²) >= 11 is 0. The number of hydrogen-bond donors (Lipinski definition) is 3. The zero-order chi connectivity index (χ0) is 23.3. The number of methoxy groups -OCH3 is 2. The number of phenols is 1. The Morgan fingerprint density at radius 2 is 1.50 bits per heavy atom. The van der Waals surface area contributed by atoms with E-state index in [2.05, 4.69) is 22.0 Å². The number of ether oxygens (including phenoxy) is 2. The van der Waals surface area contributed by atoms with Crippen LogP contribution in [0.2, 0.25) is 0 Å². The standard InChI is InChI=1S/C21H30N2O3.C2H2O4/c1-25-19-11-16(12-20(26-2)21(19)24)13-22-5-7-23(8-6-22)14-18-10-15-3-4-17(18)9-15;3-1(4)2(5)6/h3-4,11-12,15,17-18,24H,5-10,13-14H2,1-2H3;(H,3,4)(H,5,6). The van der Waals surface area contributed by atoms with Crippen LogP contribution in [0.3, 0.4) is 0 Å². The van der Waals surface area contributed by atoms with Crippen molar-refractivity contribution in [2.24, 2.45) is 17.8 Å². The molecule has 1 saturated heterocycles. The molecule has 1 aromatic rings. The maximum absolute atomic E-state index is 10.1. The minimum absolute atomic E-state index is 0.0727. The van der Waals surface area contributed by atoms with Crippen LogP contribution in [0, 0.1) is 17.8 Å². The van der Waals surface area contributed by atoms with Crippen LogP contribution >= 0.6 is 0 Å². The first-order chi connectivity index (χ1) is 15.3. The van der Waals surface area contributed by atoms with Gasteiger partial charge in [-0.05, 0) is 48.3 Å². The largest absolute Gasteiger partial charge is 0.502 e. The maximum atomic E-state index is 10.1. The molecule has 1 aliphatic heterocycles. The molecule has 1 saturated carbocycles. The second kappa shape index (κ2) is 10.7. The van der Waals surface area contributed by atoms with Gasteiger partial charge in [0.05, 0.1) is 14.2 Å². The minimum Gasteiger partial charge on any atom is -0.502 e. The smallest absolute Gasteiger partial charge is 0.414 e. The van der Waals surface area contributed by atoms with Gasteiger partial charge < -0.3 is 29.7 Å². The van der Waals surface area contributed by atoms with Gasteiger partial charge in [-0.25, -0.2) is 9.59 Å². The lowest BCUT2D eigenvalue weighted by atomic mass is 9.93. The first kappa shape index (κ1) is 23.9. The summed E-state index contributed by atoms with van der Waals surface area (Å²) in [5.41, 5.74) is 1.11. The molecule has 3 N–H and O–H groups in total. The molecule has 1 aromatic carbocycles. The van der Waals surface area contributed by atoms with Gasteiger partial charge in [0.2, 0.25) is 5.75 Å². The average molecular weight is 449 g/mol. The lowest BCUT2D eigenvalue weighted by Gasteiger charge is -2.37. The average Bonchev–Trinajstić information content (AvgIpc) is 3.40. The topological polar surface area (TPSA) is 120 Å². The number of carbonyl (C=O) groups is 2. The Balaban J connectivity index is 0.000000427. The molecule has 32 heavy (non-hydrogen) atoms. The summed E-state index contributed by atoms with van der Waals surface area (Å²) in [5, 5.41) is 24.8. The van der Waals surface area contributed by atoms with Gasteiger partial charge in [0, 0.05) is 39.3 Å². The van der Waals surface area contributed by atoms with Crippen molar-refractivity contribution in [1.29, 1.82) is 0 Å². The highest BCUT2D eigenvalue weighted by atomic mass is 16.5. The number of piperazine rings is 1. The van der Waals surface area contributed by atoms with Crippen molar-refractivity contribution in [1.82, 2.24) is 9.80 Å². The Kier molecular flexibility index (Phi) is 7.98. The van der Waals surface area contributed by atoms with Crippen molar-refractivity contribution in [2.75, 3.05) is 46.9 Å². The fraction of sp³-hybridized carbons (Fsp3) is 0.565. The first-order valence-electron chi connectivity index (χ1n) is 10.8. The van der Waals surface area contributed by atoms with E-state index in [1.54, 1.807) is 14.2 Å². The number of benzene rings is 1. The van der Waals surface area contributed by atoms with Gasteiger partial charge in [0.1, 0.15) is 0 Å². The second-order valence-corrected chi connectivity index (χ2v) is 8.58. The molecule has 2 fully saturated rings. The van der Waals surface area contributed by atoms with E-state index in [0.29, 0.717) is 11.5 Å². The van der Waals surface area contributed by atoms with Crippen LogP contribution in [-0.2, 0) is 16.1 Å². The highest BCUT2D eigenvalue weighted by molar-refractivity contribution is 6.27. The van der Waals surface area contributed by atoms with Crippen LogP contribution in [-0.4, -0.2) is 84.0 Å². The number of aliphatic carboxylic acids is 2. The van der Waals surface area contributed by atoms with Gasteiger partial charge in [0.15, 0.2) is 11.5 Å². The van der Waals surface area contributed by atoms with Crippen molar-refractivity contribution in [2.45, 2.75) is 19.4 Å². The number of aromatic hydroxyl groups is 1. The fourth-order valence-electron chi connectivity index (χ4n) is 4.86. The van der Waals surface area contributed by atoms with E-state index < -0.39 is 11.9 Å². The molecule has 9 heteroatoms. The molecule has 1 heterocycles. The van der Waals surface area contributed by atoms with Crippen molar-refractivity contribution < 1.29 is 34.4 Å². The van der Waals surface area contributed by atoms with E-state index in [1.165, 1.54) is 19.4 Å². The van der Waals surface area contributed by atoms with E-state index in [0.717, 1.165) is 56.0 Å². The quantitative estimate of drug-likeness (QED) is 0.443. The van der Waals surface area contributed by atoms with E-state index in [9.17, 15) is 5.11 Å². The van der Waals surface area contributed by atoms with Gasteiger partial charge in [-0.1, -0.05) is 12.2 Å². The zero-order valence-electron chi connectivity index (χ0n) is 18.6. The number of carboxylic acids is 2. The van der Waals surface area contributed by atoms with Crippen LogP contribution in [0.1, 0.15) is 18.4 Å². The van der Waals surface area contributed by atoms with Crippen LogP contribution in [0.25, 0.3) is 0 Å². The Morgan fingerprint density at radius 1 is 0.938 bits per heavy atom. The maximum Gasteiger partial charge on any atom is 0.414 e. The second-order valence-electron chi connectivity index (χ2n) is 8.58. The number of phenolic OH excluding ortho intramolecular Hbond substituents is 1. The highest BCUT2D eigenvalue weighted by Gasteiger charge is 2.36. The normalized spacial score (nSPS) is 24.6. The van der Waals surface area contributed by atoms with Gasteiger partial charge >= 0.3 is 11.9 Å². The van der Waals surface area contributed by atoms with Gasteiger partial charge in [0.25, 0.3) is 0 Å². The SMILES string of the molecule is COc1cc(CN2CCN(CC3CC4C=CC3C4)CC2)cc(OC)c1O.O=C(O)C(=O)O. The molecule has 2 bridgehead atoms. The lowest BCUT2D eigenvalue weighted by molar-refractivity contribution is -0.159. The summed E-state index contributed by atoms with van der Waals surface area (Å²) < 4.78 is 10.5. The molecule has 0 radical (unpaired) electrons. The summed E-state index contributed by atoms with van der Waals surface area (Å²) in [6.07, 6.45) is 7.68. The molecule has 3 unspecified atom stereocenters. The van der Waals surface area contributed by atoms with E-state index >= 15 is 0 Å². The van der Waals surface area contributed by atoms with Gasteiger partial charge in [-0.3, -0.25) is 4.90 Å². The number of carboxylic acid groups (broad SMARTS) is 2. The number of nitrogens with zero attached hydrogens (tertiary/aromatic N) is 2. The van der Waals surface area contributed by atoms with Crippen molar-refractivity contribution >= 4 is 11.9 Å². The number of allylic oxidation sites excluding steroid dienone is 2. The number of rotatable bonds is 6. The van der Waals surface area contributed by atoms with Crippen molar-refractivity contribution in [3.8, 4) is 17.2 Å². The molecule has 0 amide bonds. The predicted octanol–water partition coefficient (Wildman–Crippen LogP) is 1.89. The van der Waals surface area contributed by atoms with E-state index in [1.807, 2.05) is 12.1 Å². The van der Waals surface area contributed by atoms with Crippen LogP contribution in [0.4, 0.5) is 0 Å². The molecule has 9 nitrogen and oxygen atoms in total. The summed E-state index contributed by atoms with van der Waals surface area (Å²) in [6.45, 7) is 6.58. The predicted molar refractivity (Wildman–Crippen MR) is 117 cm³/mol. The third-order valence-electron chi connectivity index (χ3n) is 6.50. The van der Waals surface area contributed by atoms with Crippen LogP contribution in [0.15, 0.2) is 24.3 Å². The lowest BCUT2D eigenvalue weighted by Crippen LogP contribution is -2.47. The molecule has 176 valence electrons. The Labute approximate surface area is 187 Å². The Hall–Kier alpha value is -2.78. The van der Waals surface area contributed by atoms with E-state index in [4.69, 9.17) is 29.3 Å². The van der Waals surface area contributed by atoms with E-state index in [-0.39, 0.29) is 5.75 Å². The fourth-order valence-corrected chi connectivity index (χ4v) is 4.86. The molecule has 2 aliphatic carbocycles. The summed E-state index contributed by atoms with van der Waals surface area (Å²) in [6, 6.07) is 3.82. The van der Waals surface area contributed by atoms with Gasteiger partial charge in [-0.15, -0.1) is 0 Å². The Bertz CT molecular complexity index is 812. The first-order valence-corrected chi connectivity index (χ1v) is 10.8. The molecule has 3 atom stereocenters. The zero-order valence-corrected chi connectivity index (χ0v) is 18.6. The van der Waals surface area contributed by atoms with Crippen LogP contribution < -0.4 is 9.47 Å². The minimum atomic E-state index is -1.82. The summed E-state index contributed by atoms with van der Waals surface area (Å²) in [4.78, 5) is 23.3. The van der Waals surface area contributed by atoms with Crippen molar-refractivity contribution in [3.63, 3.8) is 0 Å². The third kappa shape index (κ3) is 5.92. The van der Waals surface area contributed by atoms with Crippen molar-refractivity contribution in [3.05, 3.63) is 29.8 Å². The summed E-state index contributed by atoms with van der Waals surface area (Å²) in [5.74, 6) is -0.0407. The molecule has 0 spiro atoms. The molecule has 4 rings (SSSR count). The number of hydrogen-bond acceptors (Lipinski definition) is 7. The summed E-state index contributed by atoms with van der Waals surface area (Å²) in [7, 11) is 3.14. The molecule has 3 aliphatic rings. The third-order valence-corrected chi connectivity index (χ3v) is 6.50. The van der Waals surface area contributed by atoms with Crippen LogP contribution in [0.5, 0.6) is 17.2 Å². The molecular weight excluding hydrogens is 416 g/mol. The monoisotopic (exact) mass is 448 g/mol. The van der Waals surface area contributed by atoms with Gasteiger partial charge in [-0.2, -0.15) is 0 Å². The number of fused-ring (bicyclic) bond motifs is 2. The molecular formula is C23H32N2O7.